The van der Waals surface area contributed by atoms with Crippen LogP contribution in [0.5, 0.6) is 0 Å². The Labute approximate surface area is 141 Å². The Morgan fingerprint density at radius 1 is 1.21 bits per heavy atom. The lowest BCUT2D eigenvalue weighted by Gasteiger charge is -2.31. The number of carbonyl (C=O) groups excluding carboxylic acids is 1. The van der Waals surface area contributed by atoms with Crippen LogP contribution < -0.4 is 10.2 Å². The number of aromatic nitrogens is 2. The Morgan fingerprint density at radius 2 is 2.04 bits per heavy atom. The lowest BCUT2D eigenvalue weighted by atomic mass is 9.95. The molecular weight excluding hydrogens is 304 g/mol. The van der Waals surface area contributed by atoms with Crippen LogP contribution in [0.4, 0.5) is 11.4 Å². The van der Waals surface area contributed by atoms with Crippen molar-refractivity contribution in [3.8, 4) is 0 Å². The van der Waals surface area contributed by atoms with Crippen LogP contribution in [0.2, 0.25) is 0 Å². The van der Waals surface area contributed by atoms with Gasteiger partial charge in [-0.3, -0.25) is 4.79 Å². The minimum atomic E-state index is 0.00643. The number of amides is 1. The Morgan fingerprint density at radius 3 is 2.92 bits per heavy atom. The zero-order valence-corrected chi connectivity index (χ0v) is 13.6. The van der Waals surface area contributed by atoms with E-state index in [1.807, 2.05) is 30.7 Å². The van der Waals surface area contributed by atoms with Crippen molar-refractivity contribution >= 4 is 17.3 Å². The third-order valence-electron chi connectivity index (χ3n) is 4.86. The Balaban J connectivity index is 1.48. The van der Waals surface area contributed by atoms with E-state index in [1.54, 1.807) is 0 Å². The van der Waals surface area contributed by atoms with Crippen LogP contribution in [0.15, 0.2) is 36.8 Å². The number of carbonyl (C=O) groups is 1. The maximum absolute atomic E-state index is 12.8. The molecule has 2 aliphatic heterocycles. The summed E-state index contributed by atoms with van der Waals surface area (Å²) in [5, 5.41) is 3.15. The standard InChI is InChI=1S/C18H22N4O2/c23-18(14-5-6-22-13-19-12-15(22)11-14)20-16-3-1-2-4-17(16)21-7-9-24-10-8-21/h1-4,12-14H,5-11H2,(H,20,23). The summed E-state index contributed by atoms with van der Waals surface area (Å²) in [7, 11) is 0. The number of para-hydroxylation sites is 2. The van der Waals surface area contributed by atoms with Crippen LogP contribution in [0.3, 0.4) is 0 Å². The molecule has 1 unspecified atom stereocenters. The number of imidazole rings is 1. The molecule has 126 valence electrons. The maximum Gasteiger partial charge on any atom is 0.228 e. The number of ether oxygens (including phenoxy) is 1. The van der Waals surface area contributed by atoms with Gasteiger partial charge in [-0.15, -0.1) is 0 Å². The van der Waals surface area contributed by atoms with Crippen molar-refractivity contribution in [3.63, 3.8) is 0 Å². The topological polar surface area (TPSA) is 59.4 Å². The van der Waals surface area contributed by atoms with Crippen LogP contribution in [0.1, 0.15) is 12.1 Å². The fraction of sp³-hybridized carbons (Fsp3) is 0.444. The van der Waals surface area contributed by atoms with Gasteiger partial charge >= 0.3 is 0 Å². The van der Waals surface area contributed by atoms with Gasteiger partial charge in [-0.1, -0.05) is 12.1 Å². The van der Waals surface area contributed by atoms with E-state index in [-0.39, 0.29) is 11.8 Å². The SMILES string of the molecule is O=C(Nc1ccccc1N1CCOCC1)C1CCn2cncc2C1. The molecule has 2 aliphatic rings. The molecule has 2 aromatic rings. The highest BCUT2D eigenvalue weighted by atomic mass is 16.5. The lowest BCUT2D eigenvalue weighted by Crippen LogP contribution is -2.37. The number of benzene rings is 1. The van der Waals surface area contributed by atoms with Gasteiger partial charge < -0.3 is 19.5 Å². The molecule has 1 aromatic heterocycles. The molecule has 1 amide bonds. The van der Waals surface area contributed by atoms with Crippen molar-refractivity contribution in [1.82, 2.24) is 9.55 Å². The van der Waals surface area contributed by atoms with E-state index in [1.165, 1.54) is 0 Å². The number of nitrogens with one attached hydrogen (secondary N) is 1. The van der Waals surface area contributed by atoms with Crippen molar-refractivity contribution in [1.29, 1.82) is 0 Å². The molecule has 1 N–H and O–H groups in total. The first-order valence-corrected chi connectivity index (χ1v) is 8.53. The van der Waals surface area contributed by atoms with E-state index in [9.17, 15) is 4.79 Å². The highest BCUT2D eigenvalue weighted by Crippen LogP contribution is 2.28. The second-order valence-electron chi connectivity index (χ2n) is 6.37. The predicted octanol–water partition coefficient (Wildman–Crippen LogP) is 1.92. The van der Waals surface area contributed by atoms with Crippen molar-refractivity contribution in [3.05, 3.63) is 42.5 Å². The lowest BCUT2D eigenvalue weighted by molar-refractivity contribution is -0.120. The first-order valence-electron chi connectivity index (χ1n) is 8.53. The maximum atomic E-state index is 12.8. The van der Waals surface area contributed by atoms with E-state index >= 15 is 0 Å². The summed E-state index contributed by atoms with van der Waals surface area (Å²) in [6, 6.07) is 8.03. The quantitative estimate of drug-likeness (QED) is 0.936. The molecule has 0 bridgehead atoms. The number of anilines is 2. The number of aryl methyl sites for hydroxylation is 1. The minimum absolute atomic E-state index is 0.00643. The number of hydrogen-bond donors (Lipinski definition) is 1. The summed E-state index contributed by atoms with van der Waals surface area (Å²) < 4.78 is 7.56. The van der Waals surface area contributed by atoms with E-state index in [0.29, 0.717) is 0 Å². The summed E-state index contributed by atoms with van der Waals surface area (Å²) >= 11 is 0. The van der Waals surface area contributed by atoms with Gasteiger partial charge in [0.05, 0.1) is 30.9 Å². The van der Waals surface area contributed by atoms with E-state index in [2.05, 4.69) is 25.8 Å². The molecule has 1 atom stereocenters. The first kappa shape index (κ1) is 15.2. The molecule has 1 fully saturated rings. The monoisotopic (exact) mass is 326 g/mol. The third-order valence-corrected chi connectivity index (χ3v) is 4.86. The molecule has 0 aliphatic carbocycles. The molecule has 1 saturated heterocycles. The summed E-state index contributed by atoms with van der Waals surface area (Å²) in [5.74, 6) is 0.107. The third kappa shape index (κ3) is 3.01. The number of hydrogen-bond acceptors (Lipinski definition) is 4. The average molecular weight is 326 g/mol. The van der Waals surface area contributed by atoms with E-state index in [0.717, 1.165) is 62.8 Å². The molecule has 6 nitrogen and oxygen atoms in total. The van der Waals surface area contributed by atoms with Gasteiger partial charge in [0.2, 0.25) is 5.91 Å². The summed E-state index contributed by atoms with van der Waals surface area (Å²) in [6.45, 7) is 4.04. The Bertz CT molecular complexity index is 721. The van der Waals surface area contributed by atoms with Gasteiger partial charge in [-0.25, -0.2) is 4.98 Å². The molecule has 3 heterocycles. The van der Waals surface area contributed by atoms with Gasteiger partial charge in [-0.2, -0.15) is 0 Å². The Hall–Kier alpha value is -2.34. The average Bonchev–Trinajstić information content (AvgIpc) is 3.10. The van der Waals surface area contributed by atoms with Gasteiger partial charge in [0.25, 0.3) is 0 Å². The van der Waals surface area contributed by atoms with Crippen LogP contribution in [0.25, 0.3) is 0 Å². The minimum Gasteiger partial charge on any atom is -0.378 e. The zero-order valence-electron chi connectivity index (χ0n) is 13.6. The molecular formula is C18H22N4O2. The highest BCUT2D eigenvalue weighted by molar-refractivity contribution is 5.96. The summed E-state index contributed by atoms with van der Waals surface area (Å²) in [5.41, 5.74) is 3.11. The molecule has 4 rings (SSSR count). The number of morpholine rings is 1. The number of rotatable bonds is 3. The smallest absolute Gasteiger partial charge is 0.228 e. The van der Waals surface area contributed by atoms with Crippen LogP contribution in [-0.2, 0) is 22.5 Å². The Kier molecular flexibility index (Phi) is 4.21. The van der Waals surface area contributed by atoms with Crippen LogP contribution >= 0.6 is 0 Å². The van der Waals surface area contributed by atoms with Crippen molar-refractivity contribution in [2.75, 3.05) is 36.5 Å². The number of fused-ring (bicyclic) bond motifs is 1. The fourth-order valence-electron chi connectivity index (χ4n) is 3.49. The van der Waals surface area contributed by atoms with Crippen molar-refractivity contribution in [2.45, 2.75) is 19.4 Å². The highest BCUT2D eigenvalue weighted by Gasteiger charge is 2.26. The molecule has 0 radical (unpaired) electrons. The summed E-state index contributed by atoms with van der Waals surface area (Å²) in [6.07, 6.45) is 5.32. The predicted molar refractivity (Wildman–Crippen MR) is 92.1 cm³/mol. The largest absolute Gasteiger partial charge is 0.378 e. The number of nitrogens with zero attached hydrogens (tertiary/aromatic N) is 3. The molecule has 1 aromatic carbocycles. The zero-order chi connectivity index (χ0) is 16.4. The molecule has 6 heteroatoms. The van der Waals surface area contributed by atoms with Crippen LogP contribution in [0, 0.1) is 5.92 Å². The fourth-order valence-corrected chi connectivity index (χ4v) is 3.49. The van der Waals surface area contributed by atoms with Gasteiger partial charge in [0.15, 0.2) is 0 Å². The van der Waals surface area contributed by atoms with Gasteiger partial charge in [-0.05, 0) is 18.6 Å². The molecule has 0 saturated carbocycles. The van der Waals surface area contributed by atoms with E-state index in [4.69, 9.17) is 4.74 Å². The van der Waals surface area contributed by atoms with Crippen LogP contribution in [-0.4, -0.2) is 41.8 Å². The van der Waals surface area contributed by atoms with E-state index < -0.39 is 0 Å². The van der Waals surface area contributed by atoms with Gasteiger partial charge in [0.1, 0.15) is 0 Å². The van der Waals surface area contributed by atoms with Crippen molar-refractivity contribution in [2.24, 2.45) is 5.92 Å². The molecule has 0 spiro atoms. The second kappa shape index (κ2) is 6.65. The van der Waals surface area contributed by atoms with Gasteiger partial charge in [0, 0.05) is 43.9 Å². The second-order valence-corrected chi connectivity index (χ2v) is 6.37. The van der Waals surface area contributed by atoms with Crippen molar-refractivity contribution < 1.29 is 9.53 Å². The normalized spacial score (nSPS) is 20.5. The first-order chi connectivity index (χ1) is 11.8. The molecule has 24 heavy (non-hydrogen) atoms. The summed E-state index contributed by atoms with van der Waals surface area (Å²) in [4.78, 5) is 19.2.